The summed E-state index contributed by atoms with van der Waals surface area (Å²) in [4.78, 5) is 4.39. The predicted octanol–water partition coefficient (Wildman–Crippen LogP) is 4.74. The number of benzene rings is 2. The number of hydrogen-bond acceptors (Lipinski definition) is 1. The fourth-order valence-corrected chi connectivity index (χ4v) is 2.61. The summed E-state index contributed by atoms with van der Waals surface area (Å²) >= 11 is 11.7. The number of fused-ring (bicyclic) bond motifs is 1. The molecule has 21 heavy (non-hydrogen) atoms. The van der Waals surface area contributed by atoms with Gasteiger partial charge in [-0.3, -0.25) is 4.57 Å². The standard InChI is InChI=1S/C15H10Cl2F2N2/c16-6-5-15-20-12-4-2-10(18)8-14(12)21(15)13-7-9(17)1-3-11(13)19/h1-4,7-8H,5-6H2. The highest BCUT2D eigenvalue weighted by atomic mass is 35.5. The highest BCUT2D eigenvalue weighted by molar-refractivity contribution is 6.30. The molecule has 3 rings (SSSR count). The first-order chi connectivity index (χ1) is 10.1. The maximum absolute atomic E-state index is 14.1. The molecule has 6 heteroatoms. The molecule has 0 fully saturated rings. The van der Waals surface area contributed by atoms with Gasteiger partial charge in [0.05, 0.1) is 16.7 Å². The molecule has 0 aliphatic rings. The van der Waals surface area contributed by atoms with E-state index in [-0.39, 0.29) is 5.69 Å². The number of aryl methyl sites for hydroxylation is 1. The van der Waals surface area contributed by atoms with Crippen molar-refractivity contribution in [1.29, 1.82) is 0 Å². The smallest absolute Gasteiger partial charge is 0.147 e. The minimum absolute atomic E-state index is 0.232. The Morgan fingerprint density at radius 2 is 1.90 bits per heavy atom. The van der Waals surface area contributed by atoms with Gasteiger partial charge in [-0.1, -0.05) is 11.6 Å². The first kappa shape index (κ1) is 14.3. The predicted molar refractivity (Wildman–Crippen MR) is 80.4 cm³/mol. The van der Waals surface area contributed by atoms with Crippen molar-refractivity contribution < 1.29 is 8.78 Å². The number of hydrogen-bond donors (Lipinski definition) is 0. The summed E-state index contributed by atoms with van der Waals surface area (Å²) in [5, 5.41) is 0.390. The van der Waals surface area contributed by atoms with Gasteiger partial charge in [-0.05, 0) is 30.3 Å². The van der Waals surface area contributed by atoms with Crippen molar-refractivity contribution in [2.45, 2.75) is 6.42 Å². The van der Waals surface area contributed by atoms with Crippen molar-refractivity contribution in [2.75, 3.05) is 5.88 Å². The number of halogens is 4. The van der Waals surface area contributed by atoms with Gasteiger partial charge in [-0.25, -0.2) is 13.8 Å². The van der Waals surface area contributed by atoms with Crippen molar-refractivity contribution >= 4 is 34.2 Å². The molecule has 0 N–H and O–H groups in total. The Morgan fingerprint density at radius 3 is 2.67 bits per heavy atom. The first-order valence-corrected chi connectivity index (χ1v) is 7.19. The second-order valence-corrected chi connectivity index (χ2v) is 5.35. The molecule has 2 nitrogen and oxygen atoms in total. The summed E-state index contributed by atoms with van der Waals surface area (Å²) in [5.74, 6) is 0.0163. The third-order valence-electron chi connectivity index (χ3n) is 3.15. The highest BCUT2D eigenvalue weighted by Gasteiger charge is 2.16. The fraction of sp³-hybridized carbons (Fsp3) is 0.133. The summed E-state index contributed by atoms with van der Waals surface area (Å²) in [5.41, 5.74) is 1.29. The van der Waals surface area contributed by atoms with E-state index < -0.39 is 11.6 Å². The summed E-state index contributed by atoms with van der Waals surface area (Å²) < 4.78 is 29.2. The van der Waals surface area contributed by atoms with Crippen molar-refractivity contribution in [3.63, 3.8) is 0 Å². The Labute approximate surface area is 129 Å². The van der Waals surface area contributed by atoms with Crippen molar-refractivity contribution in [2.24, 2.45) is 0 Å². The molecule has 0 aliphatic carbocycles. The fourth-order valence-electron chi connectivity index (χ4n) is 2.28. The number of rotatable bonds is 3. The SMILES string of the molecule is Fc1ccc2nc(CCCl)n(-c3cc(Cl)ccc3F)c2c1. The molecule has 0 atom stereocenters. The number of alkyl halides is 1. The lowest BCUT2D eigenvalue weighted by atomic mass is 10.2. The van der Waals surface area contributed by atoms with Crippen LogP contribution in [0.2, 0.25) is 5.02 Å². The summed E-state index contributed by atoms with van der Waals surface area (Å²) in [7, 11) is 0. The van der Waals surface area contributed by atoms with E-state index in [0.29, 0.717) is 34.2 Å². The van der Waals surface area contributed by atoms with Gasteiger partial charge in [0.15, 0.2) is 0 Å². The van der Waals surface area contributed by atoms with Crippen LogP contribution in [0.3, 0.4) is 0 Å². The molecule has 0 bridgehead atoms. The van der Waals surface area contributed by atoms with E-state index in [4.69, 9.17) is 23.2 Å². The molecule has 0 saturated carbocycles. The molecule has 2 aromatic carbocycles. The molecular formula is C15H10Cl2F2N2. The first-order valence-electron chi connectivity index (χ1n) is 6.28. The van der Waals surface area contributed by atoms with E-state index in [0.717, 1.165) is 0 Å². The normalized spacial score (nSPS) is 11.2. The lowest BCUT2D eigenvalue weighted by Gasteiger charge is -2.10. The van der Waals surface area contributed by atoms with E-state index in [2.05, 4.69) is 4.98 Å². The van der Waals surface area contributed by atoms with Crippen LogP contribution in [0, 0.1) is 11.6 Å². The number of nitrogens with zero attached hydrogens (tertiary/aromatic N) is 2. The lowest BCUT2D eigenvalue weighted by Crippen LogP contribution is -2.04. The van der Waals surface area contributed by atoms with E-state index in [9.17, 15) is 8.78 Å². The molecule has 0 amide bonds. The highest BCUT2D eigenvalue weighted by Crippen LogP contribution is 2.26. The average molecular weight is 327 g/mol. The molecule has 108 valence electrons. The van der Waals surface area contributed by atoms with E-state index in [1.54, 1.807) is 10.6 Å². The molecule has 0 saturated heterocycles. The molecule has 0 radical (unpaired) electrons. The summed E-state index contributed by atoms with van der Waals surface area (Å²) in [6.07, 6.45) is 0.434. The minimum Gasteiger partial charge on any atom is -0.293 e. The number of aromatic nitrogens is 2. The van der Waals surface area contributed by atoms with Gasteiger partial charge in [-0.2, -0.15) is 0 Å². The van der Waals surface area contributed by atoms with Crippen LogP contribution < -0.4 is 0 Å². The van der Waals surface area contributed by atoms with Gasteiger partial charge in [-0.15, -0.1) is 11.6 Å². The second kappa shape index (κ2) is 5.62. The van der Waals surface area contributed by atoms with Crippen LogP contribution in [-0.4, -0.2) is 15.4 Å². The molecule has 0 unspecified atom stereocenters. The zero-order valence-corrected chi connectivity index (χ0v) is 12.3. The van der Waals surface area contributed by atoms with Crippen LogP contribution in [0.5, 0.6) is 0 Å². The minimum atomic E-state index is -0.459. The van der Waals surface area contributed by atoms with Gasteiger partial charge in [0.2, 0.25) is 0 Å². The van der Waals surface area contributed by atoms with E-state index >= 15 is 0 Å². The molecule has 1 aromatic heterocycles. The van der Waals surface area contributed by atoms with Crippen LogP contribution in [0.1, 0.15) is 5.82 Å². The molecule has 3 aromatic rings. The van der Waals surface area contributed by atoms with Crippen LogP contribution in [-0.2, 0) is 6.42 Å². The Balaban J connectivity index is 2.35. The van der Waals surface area contributed by atoms with E-state index in [1.807, 2.05) is 0 Å². The maximum Gasteiger partial charge on any atom is 0.147 e. The second-order valence-electron chi connectivity index (χ2n) is 4.53. The Hall–Kier alpha value is -1.65. The topological polar surface area (TPSA) is 17.8 Å². The van der Waals surface area contributed by atoms with Crippen LogP contribution in [0.4, 0.5) is 8.78 Å². The summed E-state index contributed by atoms with van der Waals surface area (Å²) in [6.45, 7) is 0. The van der Waals surface area contributed by atoms with Crippen LogP contribution in [0.25, 0.3) is 16.7 Å². The molecule has 0 aliphatic heterocycles. The summed E-state index contributed by atoms with van der Waals surface area (Å²) in [6, 6.07) is 8.41. The maximum atomic E-state index is 14.1. The van der Waals surface area contributed by atoms with Crippen molar-refractivity contribution in [1.82, 2.24) is 9.55 Å². The third kappa shape index (κ3) is 2.61. The van der Waals surface area contributed by atoms with Crippen LogP contribution >= 0.6 is 23.2 Å². The Bertz CT molecular complexity index is 815. The van der Waals surface area contributed by atoms with Gasteiger partial charge in [0.25, 0.3) is 0 Å². The molecule has 1 heterocycles. The largest absolute Gasteiger partial charge is 0.293 e. The molecular weight excluding hydrogens is 317 g/mol. The van der Waals surface area contributed by atoms with Crippen molar-refractivity contribution in [3.05, 3.63) is 58.9 Å². The van der Waals surface area contributed by atoms with Crippen LogP contribution in [0.15, 0.2) is 36.4 Å². The Kier molecular flexibility index (Phi) is 3.83. The Morgan fingerprint density at radius 1 is 1.10 bits per heavy atom. The van der Waals surface area contributed by atoms with Gasteiger partial charge in [0, 0.05) is 23.4 Å². The zero-order valence-electron chi connectivity index (χ0n) is 10.8. The number of imidazole rings is 1. The third-order valence-corrected chi connectivity index (χ3v) is 3.58. The quantitative estimate of drug-likeness (QED) is 0.636. The zero-order chi connectivity index (χ0) is 15.0. The van der Waals surface area contributed by atoms with Crippen molar-refractivity contribution in [3.8, 4) is 5.69 Å². The van der Waals surface area contributed by atoms with E-state index in [1.165, 1.54) is 30.3 Å². The van der Waals surface area contributed by atoms with Gasteiger partial charge < -0.3 is 0 Å². The lowest BCUT2D eigenvalue weighted by molar-refractivity contribution is 0.615. The van der Waals surface area contributed by atoms with Gasteiger partial charge >= 0.3 is 0 Å². The molecule has 0 spiro atoms. The monoisotopic (exact) mass is 326 g/mol. The van der Waals surface area contributed by atoms with Gasteiger partial charge in [0.1, 0.15) is 17.5 Å². The average Bonchev–Trinajstić information content (AvgIpc) is 2.79.